The maximum absolute atomic E-state index is 12.1. The minimum Gasteiger partial charge on any atom is -0.384 e. The van der Waals surface area contributed by atoms with E-state index in [9.17, 15) is 4.79 Å². The predicted molar refractivity (Wildman–Crippen MR) is 82.1 cm³/mol. The van der Waals surface area contributed by atoms with Crippen LogP contribution in [0.2, 0.25) is 0 Å². The van der Waals surface area contributed by atoms with Gasteiger partial charge < -0.3 is 9.88 Å². The quantitative estimate of drug-likeness (QED) is 0.924. The molecule has 0 saturated heterocycles. The fourth-order valence-corrected chi connectivity index (χ4v) is 3.41. The monoisotopic (exact) mass is 268 g/mol. The summed E-state index contributed by atoms with van der Waals surface area (Å²) in [4.78, 5) is 12.1. The Bertz CT molecular complexity index is 723. The van der Waals surface area contributed by atoms with Crippen LogP contribution in [-0.2, 0) is 7.05 Å². The van der Waals surface area contributed by atoms with E-state index in [2.05, 4.69) is 11.4 Å². The number of hydrogen-bond donors (Lipinski definition) is 1. The summed E-state index contributed by atoms with van der Waals surface area (Å²) in [5.41, 5.74) is 2.60. The third kappa shape index (κ3) is 1.84. The molecule has 0 spiro atoms. The number of para-hydroxylation sites is 1. The van der Waals surface area contributed by atoms with Crippen LogP contribution in [0.15, 0.2) is 35.1 Å². The topological polar surface area (TPSA) is 34.0 Å². The van der Waals surface area contributed by atoms with Gasteiger partial charge in [-0.05, 0) is 43.1 Å². The lowest BCUT2D eigenvalue weighted by Crippen LogP contribution is -2.21. The third-order valence-electron chi connectivity index (χ3n) is 5.12. The van der Waals surface area contributed by atoms with E-state index in [0.29, 0.717) is 5.41 Å². The molecule has 2 aliphatic carbocycles. The van der Waals surface area contributed by atoms with Crippen molar-refractivity contribution in [3.63, 3.8) is 0 Å². The third-order valence-corrected chi connectivity index (χ3v) is 5.12. The van der Waals surface area contributed by atoms with Gasteiger partial charge in [0.1, 0.15) is 0 Å². The summed E-state index contributed by atoms with van der Waals surface area (Å²) in [7, 11) is 1.83. The molecule has 0 aliphatic heterocycles. The standard InChI is InChI=1S/C17H20N2O/c1-19-15-5-3-2-4-13(15)14(10-16(19)20)18-11-17(8-9-17)12-6-7-12/h2-5,10,12,18H,6-9,11H2,1H3. The smallest absolute Gasteiger partial charge is 0.252 e. The summed E-state index contributed by atoms with van der Waals surface area (Å²) in [5.74, 6) is 0.938. The van der Waals surface area contributed by atoms with Crippen molar-refractivity contribution < 1.29 is 0 Å². The lowest BCUT2D eigenvalue weighted by Gasteiger charge is -2.18. The van der Waals surface area contributed by atoms with Gasteiger partial charge in [0.05, 0.1) is 5.52 Å². The fraction of sp³-hybridized carbons (Fsp3) is 0.471. The predicted octanol–water partition coefficient (Wildman–Crippen LogP) is 3.14. The van der Waals surface area contributed by atoms with Gasteiger partial charge in [-0.25, -0.2) is 0 Å². The van der Waals surface area contributed by atoms with Gasteiger partial charge in [0, 0.05) is 30.7 Å². The first-order valence-electron chi connectivity index (χ1n) is 7.52. The van der Waals surface area contributed by atoms with E-state index < -0.39 is 0 Å². The number of pyridine rings is 1. The van der Waals surface area contributed by atoms with Crippen LogP contribution in [0.25, 0.3) is 10.9 Å². The highest BCUT2D eigenvalue weighted by molar-refractivity contribution is 5.91. The van der Waals surface area contributed by atoms with Crippen molar-refractivity contribution in [1.82, 2.24) is 4.57 Å². The van der Waals surface area contributed by atoms with Gasteiger partial charge in [-0.3, -0.25) is 4.79 Å². The van der Waals surface area contributed by atoms with Crippen LogP contribution in [0.5, 0.6) is 0 Å². The van der Waals surface area contributed by atoms with Gasteiger partial charge in [-0.1, -0.05) is 18.2 Å². The molecular formula is C17H20N2O. The molecule has 3 nitrogen and oxygen atoms in total. The zero-order chi connectivity index (χ0) is 13.7. The first kappa shape index (κ1) is 12.0. The first-order valence-corrected chi connectivity index (χ1v) is 7.52. The molecule has 0 unspecified atom stereocenters. The molecule has 1 heterocycles. The highest BCUT2D eigenvalue weighted by Crippen LogP contribution is 2.61. The molecule has 0 amide bonds. The molecule has 1 aromatic heterocycles. The number of aryl methyl sites for hydroxylation is 1. The number of fused-ring (bicyclic) bond motifs is 1. The average molecular weight is 268 g/mol. The van der Waals surface area contributed by atoms with E-state index in [1.54, 1.807) is 10.6 Å². The van der Waals surface area contributed by atoms with E-state index >= 15 is 0 Å². The van der Waals surface area contributed by atoms with Crippen molar-refractivity contribution in [2.45, 2.75) is 25.7 Å². The van der Waals surface area contributed by atoms with E-state index in [1.165, 1.54) is 25.7 Å². The molecule has 0 radical (unpaired) electrons. The number of nitrogens with zero attached hydrogens (tertiary/aromatic N) is 1. The van der Waals surface area contributed by atoms with E-state index in [0.717, 1.165) is 29.1 Å². The maximum Gasteiger partial charge on any atom is 0.252 e. The van der Waals surface area contributed by atoms with Crippen LogP contribution in [0.1, 0.15) is 25.7 Å². The van der Waals surface area contributed by atoms with Gasteiger partial charge >= 0.3 is 0 Å². The molecule has 1 aromatic carbocycles. The molecular weight excluding hydrogens is 248 g/mol. The van der Waals surface area contributed by atoms with Gasteiger partial charge in [-0.15, -0.1) is 0 Å². The summed E-state index contributed by atoms with van der Waals surface area (Å²) in [6.45, 7) is 1.02. The minimum atomic E-state index is 0.0578. The minimum absolute atomic E-state index is 0.0578. The van der Waals surface area contributed by atoms with Gasteiger partial charge in [-0.2, -0.15) is 0 Å². The molecule has 2 fully saturated rings. The second-order valence-electron chi connectivity index (χ2n) is 6.46. The number of aromatic nitrogens is 1. The van der Waals surface area contributed by atoms with Crippen molar-refractivity contribution >= 4 is 16.6 Å². The Kier molecular flexibility index (Phi) is 2.47. The maximum atomic E-state index is 12.1. The van der Waals surface area contributed by atoms with E-state index in [-0.39, 0.29) is 5.56 Å². The zero-order valence-electron chi connectivity index (χ0n) is 11.9. The number of rotatable bonds is 4. The highest BCUT2D eigenvalue weighted by Gasteiger charge is 2.53. The van der Waals surface area contributed by atoms with Crippen molar-refractivity contribution in [3.8, 4) is 0 Å². The highest BCUT2D eigenvalue weighted by atomic mass is 16.1. The fourth-order valence-electron chi connectivity index (χ4n) is 3.41. The van der Waals surface area contributed by atoms with Crippen molar-refractivity contribution in [3.05, 3.63) is 40.7 Å². The Morgan fingerprint density at radius 1 is 1.30 bits per heavy atom. The molecule has 2 aromatic rings. The number of nitrogens with one attached hydrogen (secondary N) is 1. The Morgan fingerprint density at radius 3 is 2.75 bits per heavy atom. The Balaban J connectivity index is 1.69. The molecule has 1 N–H and O–H groups in total. The normalized spacial score (nSPS) is 20.1. The molecule has 3 heteroatoms. The van der Waals surface area contributed by atoms with Gasteiger partial charge in [0.15, 0.2) is 0 Å². The molecule has 0 bridgehead atoms. The molecule has 4 rings (SSSR count). The summed E-state index contributed by atoms with van der Waals surface area (Å²) in [5, 5.41) is 4.71. The number of hydrogen-bond acceptors (Lipinski definition) is 2. The van der Waals surface area contributed by atoms with Crippen LogP contribution in [0.4, 0.5) is 5.69 Å². The van der Waals surface area contributed by atoms with Crippen LogP contribution in [0.3, 0.4) is 0 Å². The largest absolute Gasteiger partial charge is 0.384 e. The molecule has 104 valence electrons. The van der Waals surface area contributed by atoms with Gasteiger partial charge in [0.25, 0.3) is 5.56 Å². The lowest BCUT2D eigenvalue weighted by atomic mass is 10.0. The second-order valence-corrected chi connectivity index (χ2v) is 6.46. The number of anilines is 1. The van der Waals surface area contributed by atoms with Crippen molar-refractivity contribution in [2.24, 2.45) is 18.4 Å². The van der Waals surface area contributed by atoms with Crippen LogP contribution in [0, 0.1) is 11.3 Å². The Morgan fingerprint density at radius 2 is 2.05 bits per heavy atom. The Hall–Kier alpha value is -1.77. The summed E-state index contributed by atoms with van der Waals surface area (Å²) in [6, 6.07) is 9.86. The van der Waals surface area contributed by atoms with Gasteiger partial charge in [0.2, 0.25) is 0 Å². The molecule has 2 saturated carbocycles. The lowest BCUT2D eigenvalue weighted by molar-refractivity contribution is 0.467. The average Bonchev–Trinajstić information content (AvgIpc) is 3.34. The van der Waals surface area contributed by atoms with E-state index in [1.807, 2.05) is 25.2 Å². The van der Waals surface area contributed by atoms with Crippen molar-refractivity contribution in [1.29, 1.82) is 0 Å². The van der Waals surface area contributed by atoms with Crippen LogP contribution < -0.4 is 10.9 Å². The van der Waals surface area contributed by atoms with Crippen LogP contribution >= 0.6 is 0 Å². The first-order chi connectivity index (χ1) is 9.70. The molecule has 2 aliphatic rings. The summed E-state index contributed by atoms with van der Waals surface area (Å²) in [6.07, 6.45) is 5.51. The summed E-state index contributed by atoms with van der Waals surface area (Å²) >= 11 is 0. The SMILES string of the molecule is Cn1c(=O)cc(NCC2(C3CC3)CC2)c2ccccc21. The van der Waals surface area contributed by atoms with Crippen molar-refractivity contribution in [2.75, 3.05) is 11.9 Å². The summed E-state index contributed by atoms with van der Waals surface area (Å²) < 4.78 is 1.72. The Labute approximate surface area is 118 Å². The molecule has 20 heavy (non-hydrogen) atoms. The zero-order valence-corrected chi connectivity index (χ0v) is 11.9. The van der Waals surface area contributed by atoms with E-state index in [4.69, 9.17) is 0 Å². The van der Waals surface area contributed by atoms with Crippen LogP contribution in [-0.4, -0.2) is 11.1 Å². The molecule has 0 atom stereocenters. The second kappa shape index (κ2) is 4.11. The number of benzene rings is 1.